The number of ether oxygens (including phenoxy) is 1. The van der Waals surface area contributed by atoms with E-state index < -0.39 is 0 Å². The number of hydrogen-bond donors (Lipinski definition) is 0. The van der Waals surface area contributed by atoms with E-state index in [1.165, 1.54) is 0 Å². The van der Waals surface area contributed by atoms with Gasteiger partial charge < -0.3 is 14.5 Å². The summed E-state index contributed by atoms with van der Waals surface area (Å²) in [5, 5.41) is 0. The normalized spacial score (nSPS) is 20.1. The van der Waals surface area contributed by atoms with E-state index in [1.807, 2.05) is 47.1 Å². The third-order valence-corrected chi connectivity index (χ3v) is 5.77. The largest absolute Gasteiger partial charge is 0.492 e. The summed E-state index contributed by atoms with van der Waals surface area (Å²) in [5.74, 6) is 1.18. The van der Waals surface area contributed by atoms with E-state index in [1.54, 1.807) is 6.92 Å². The third kappa shape index (κ3) is 5.45. The lowest BCUT2D eigenvalue weighted by Gasteiger charge is -2.40. The molecule has 0 bridgehead atoms. The molecule has 0 aliphatic carbocycles. The van der Waals surface area contributed by atoms with Crippen molar-refractivity contribution in [2.45, 2.75) is 19.9 Å². The van der Waals surface area contributed by atoms with Crippen LogP contribution in [0.5, 0.6) is 5.75 Å². The highest BCUT2D eigenvalue weighted by Crippen LogP contribution is 2.12. The molecule has 7 heteroatoms. The summed E-state index contributed by atoms with van der Waals surface area (Å²) in [6, 6.07) is 9.78. The minimum absolute atomic E-state index is 0.0903. The van der Waals surface area contributed by atoms with E-state index in [4.69, 9.17) is 4.74 Å². The second-order valence-electron chi connectivity index (χ2n) is 7.55. The fourth-order valence-electron chi connectivity index (χ4n) is 3.85. The average molecular weight is 389 g/mol. The first-order valence-electron chi connectivity index (χ1n) is 10.2. The van der Waals surface area contributed by atoms with E-state index in [9.17, 15) is 9.59 Å². The highest BCUT2D eigenvalue weighted by Gasteiger charge is 2.30. The molecule has 154 valence electrons. The fraction of sp³-hybridized carbons (Fsp3) is 0.619. The second kappa shape index (κ2) is 9.89. The quantitative estimate of drug-likeness (QED) is 0.720. The summed E-state index contributed by atoms with van der Waals surface area (Å²) < 4.78 is 5.78. The van der Waals surface area contributed by atoms with Gasteiger partial charge in [-0.2, -0.15) is 0 Å². The Morgan fingerprint density at radius 1 is 0.929 bits per heavy atom. The summed E-state index contributed by atoms with van der Waals surface area (Å²) in [7, 11) is 0. The van der Waals surface area contributed by atoms with Crippen LogP contribution in [-0.2, 0) is 9.59 Å². The first-order chi connectivity index (χ1) is 13.5. The molecule has 3 rings (SSSR count). The van der Waals surface area contributed by atoms with Crippen LogP contribution >= 0.6 is 0 Å². The number of piperazine rings is 2. The SMILES string of the molecule is CC(=O)N1CCN(C(=O)C(C)N2CCN(CCOc3ccccc3)CC2)CC1. The molecule has 2 heterocycles. The van der Waals surface area contributed by atoms with Crippen molar-refractivity contribution in [3.8, 4) is 5.75 Å². The van der Waals surface area contributed by atoms with E-state index in [0.717, 1.165) is 38.5 Å². The van der Waals surface area contributed by atoms with Crippen molar-refractivity contribution in [2.24, 2.45) is 0 Å². The molecule has 7 nitrogen and oxygen atoms in total. The maximum Gasteiger partial charge on any atom is 0.239 e. The predicted molar refractivity (Wildman–Crippen MR) is 108 cm³/mol. The number of hydrogen-bond acceptors (Lipinski definition) is 5. The van der Waals surface area contributed by atoms with Crippen LogP contribution < -0.4 is 4.74 Å². The monoisotopic (exact) mass is 388 g/mol. The van der Waals surface area contributed by atoms with Crippen molar-refractivity contribution in [3.63, 3.8) is 0 Å². The summed E-state index contributed by atoms with van der Waals surface area (Å²) in [6.07, 6.45) is 0. The van der Waals surface area contributed by atoms with Gasteiger partial charge in [0.2, 0.25) is 11.8 Å². The molecule has 0 radical (unpaired) electrons. The van der Waals surface area contributed by atoms with Crippen LogP contribution in [0.15, 0.2) is 30.3 Å². The molecular formula is C21H32N4O3. The number of para-hydroxylation sites is 1. The van der Waals surface area contributed by atoms with Gasteiger partial charge >= 0.3 is 0 Å². The molecule has 0 saturated carbocycles. The van der Waals surface area contributed by atoms with Gasteiger partial charge in [0.05, 0.1) is 6.04 Å². The maximum absolute atomic E-state index is 12.8. The van der Waals surface area contributed by atoms with Crippen LogP contribution in [0.2, 0.25) is 0 Å². The summed E-state index contributed by atoms with van der Waals surface area (Å²) >= 11 is 0. The van der Waals surface area contributed by atoms with Gasteiger partial charge in [0.25, 0.3) is 0 Å². The molecule has 2 fully saturated rings. The standard InChI is InChI=1S/C21H32N4O3/c1-18(21(27)25-14-12-24(13-15-25)19(2)26)23-10-8-22(9-11-23)16-17-28-20-6-4-3-5-7-20/h3-7,18H,8-17H2,1-2H3. The van der Waals surface area contributed by atoms with Crippen molar-refractivity contribution in [2.75, 3.05) is 65.5 Å². The van der Waals surface area contributed by atoms with E-state index in [0.29, 0.717) is 32.8 Å². The van der Waals surface area contributed by atoms with Gasteiger partial charge in [-0.3, -0.25) is 19.4 Å². The topological polar surface area (TPSA) is 56.3 Å². The van der Waals surface area contributed by atoms with Crippen molar-refractivity contribution in [1.29, 1.82) is 0 Å². The van der Waals surface area contributed by atoms with E-state index in [2.05, 4.69) is 9.80 Å². The summed E-state index contributed by atoms with van der Waals surface area (Å²) in [5.41, 5.74) is 0. The molecule has 2 aliphatic heterocycles. The lowest BCUT2D eigenvalue weighted by Crippen LogP contribution is -2.58. The lowest BCUT2D eigenvalue weighted by atomic mass is 10.2. The molecule has 2 aliphatic rings. The number of carbonyl (C=O) groups is 2. The Labute approximate surface area is 167 Å². The molecule has 28 heavy (non-hydrogen) atoms. The van der Waals surface area contributed by atoms with Gasteiger partial charge in [0.15, 0.2) is 0 Å². The smallest absolute Gasteiger partial charge is 0.239 e. The second-order valence-corrected chi connectivity index (χ2v) is 7.55. The molecule has 2 amide bonds. The molecule has 0 aromatic heterocycles. The van der Waals surface area contributed by atoms with Crippen LogP contribution in [-0.4, -0.2) is 103 Å². The molecule has 0 N–H and O–H groups in total. The Kier molecular flexibility index (Phi) is 7.28. The van der Waals surface area contributed by atoms with Crippen molar-refractivity contribution in [3.05, 3.63) is 30.3 Å². The first-order valence-corrected chi connectivity index (χ1v) is 10.2. The highest BCUT2D eigenvalue weighted by atomic mass is 16.5. The van der Waals surface area contributed by atoms with Gasteiger partial charge in [-0.05, 0) is 19.1 Å². The van der Waals surface area contributed by atoms with Crippen molar-refractivity contribution in [1.82, 2.24) is 19.6 Å². The Hall–Kier alpha value is -2.12. The Balaban J connectivity index is 1.37. The molecule has 1 unspecified atom stereocenters. The van der Waals surface area contributed by atoms with Crippen LogP contribution in [0.3, 0.4) is 0 Å². The minimum atomic E-state index is -0.105. The van der Waals surface area contributed by atoms with Crippen LogP contribution in [0, 0.1) is 0 Å². The van der Waals surface area contributed by atoms with Gasteiger partial charge in [0.1, 0.15) is 12.4 Å². The van der Waals surface area contributed by atoms with Crippen LogP contribution in [0.25, 0.3) is 0 Å². The predicted octanol–water partition coefficient (Wildman–Crippen LogP) is 0.762. The van der Waals surface area contributed by atoms with Gasteiger partial charge in [-0.25, -0.2) is 0 Å². The molecule has 0 spiro atoms. The van der Waals surface area contributed by atoms with Gasteiger partial charge in [-0.1, -0.05) is 18.2 Å². The van der Waals surface area contributed by atoms with Gasteiger partial charge in [0, 0.05) is 65.8 Å². The number of rotatable bonds is 6. The number of nitrogens with zero attached hydrogens (tertiary/aromatic N) is 4. The number of benzene rings is 1. The van der Waals surface area contributed by atoms with Crippen molar-refractivity contribution >= 4 is 11.8 Å². The first kappa shape index (κ1) is 20.6. The van der Waals surface area contributed by atoms with E-state index in [-0.39, 0.29) is 17.9 Å². The summed E-state index contributed by atoms with van der Waals surface area (Å²) in [4.78, 5) is 32.7. The Morgan fingerprint density at radius 2 is 1.54 bits per heavy atom. The van der Waals surface area contributed by atoms with Crippen LogP contribution in [0.1, 0.15) is 13.8 Å². The zero-order chi connectivity index (χ0) is 19.9. The van der Waals surface area contributed by atoms with E-state index >= 15 is 0 Å². The minimum Gasteiger partial charge on any atom is -0.492 e. The van der Waals surface area contributed by atoms with Crippen molar-refractivity contribution < 1.29 is 14.3 Å². The molecule has 1 atom stereocenters. The molecule has 1 aromatic carbocycles. The highest BCUT2D eigenvalue weighted by molar-refractivity contribution is 5.82. The maximum atomic E-state index is 12.8. The summed E-state index contributed by atoms with van der Waals surface area (Å²) in [6.45, 7) is 11.4. The molecular weight excluding hydrogens is 356 g/mol. The Bertz CT molecular complexity index is 638. The molecule has 2 saturated heterocycles. The number of amides is 2. The average Bonchev–Trinajstić information content (AvgIpc) is 2.74. The van der Waals surface area contributed by atoms with Crippen LogP contribution in [0.4, 0.5) is 0 Å². The lowest BCUT2D eigenvalue weighted by molar-refractivity contribution is -0.142. The number of carbonyl (C=O) groups excluding carboxylic acids is 2. The van der Waals surface area contributed by atoms with Gasteiger partial charge in [-0.15, -0.1) is 0 Å². The zero-order valence-corrected chi connectivity index (χ0v) is 17.0. The Morgan fingerprint density at radius 3 is 2.14 bits per heavy atom. The fourth-order valence-corrected chi connectivity index (χ4v) is 3.85. The third-order valence-electron chi connectivity index (χ3n) is 5.77. The zero-order valence-electron chi connectivity index (χ0n) is 17.0. The molecule has 1 aromatic rings.